The van der Waals surface area contributed by atoms with E-state index in [9.17, 15) is 0 Å². The summed E-state index contributed by atoms with van der Waals surface area (Å²) in [6.07, 6.45) is 3.46. The summed E-state index contributed by atoms with van der Waals surface area (Å²) in [5, 5.41) is 0. The molecule has 1 atom stereocenters. The number of hydrogen-bond acceptors (Lipinski definition) is 5. The van der Waals surface area contributed by atoms with Gasteiger partial charge in [0.05, 0.1) is 25.7 Å². The lowest BCUT2D eigenvalue weighted by Crippen LogP contribution is -2.12. The highest BCUT2D eigenvalue weighted by Crippen LogP contribution is 2.31. The molecule has 5 aromatic rings. The molecule has 0 aliphatic rings. The zero-order valence-corrected chi connectivity index (χ0v) is 17.0. The minimum absolute atomic E-state index is 0.0922. The topological polar surface area (TPSA) is 78.8 Å². The minimum atomic E-state index is -0.0922. The quantitative estimate of drug-likeness (QED) is 0.456. The molecule has 0 saturated heterocycles. The molecular formula is C25H21N5O. The monoisotopic (exact) mass is 407 g/mol. The number of imidazole rings is 1. The van der Waals surface area contributed by atoms with Crippen LogP contribution in [0.1, 0.15) is 17.2 Å². The standard InChI is InChI=1S/C25H21N5O/c1-31-21-13-11-18(12-14-21)17-7-9-20(10-8-17)23(19-5-3-2-4-6-19)30-16-28-22-15-27-25(26)29-24(22)30/h2-16,23H,1H3,(H2,26,27,29). The minimum Gasteiger partial charge on any atom is -0.497 e. The van der Waals surface area contributed by atoms with E-state index in [4.69, 9.17) is 10.5 Å². The smallest absolute Gasteiger partial charge is 0.222 e. The van der Waals surface area contributed by atoms with E-state index in [0.717, 1.165) is 28.0 Å². The van der Waals surface area contributed by atoms with Crippen LogP contribution in [-0.4, -0.2) is 26.6 Å². The van der Waals surface area contributed by atoms with Crippen molar-refractivity contribution in [1.82, 2.24) is 19.5 Å². The molecule has 2 heterocycles. The number of nitrogens with two attached hydrogens (primary N) is 1. The lowest BCUT2D eigenvalue weighted by atomic mass is 9.96. The number of rotatable bonds is 5. The van der Waals surface area contributed by atoms with Gasteiger partial charge >= 0.3 is 0 Å². The third-order valence-corrected chi connectivity index (χ3v) is 5.38. The first-order chi connectivity index (χ1) is 15.2. The van der Waals surface area contributed by atoms with E-state index in [0.29, 0.717) is 11.2 Å². The van der Waals surface area contributed by atoms with Crippen LogP contribution in [0.5, 0.6) is 5.75 Å². The normalized spacial score (nSPS) is 12.0. The molecule has 0 radical (unpaired) electrons. The van der Waals surface area contributed by atoms with Gasteiger partial charge in [0.1, 0.15) is 11.3 Å². The Morgan fingerprint density at radius 1 is 0.806 bits per heavy atom. The number of nitrogens with zero attached hydrogens (tertiary/aromatic N) is 4. The Hall–Kier alpha value is -4.19. The summed E-state index contributed by atoms with van der Waals surface area (Å²) in [6, 6.07) is 26.8. The third-order valence-electron chi connectivity index (χ3n) is 5.38. The van der Waals surface area contributed by atoms with E-state index in [2.05, 4.69) is 63.5 Å². The van der Waals surface area contributed by atoms with E-state index in [1.807, 2.05) is 34.9 Å². The summed E-state index contributed by atoms with van der Waals surface area (Å²) in [7, 11) is 1.67. The molecule has 0 amide bonds. The Balaban J connectivity index is 1.59. The average molecular weight is 407 g/mol. The van der Waals surface area contributed by atoms with Crippen molar-refractivity contribution in [3.8, 4) is 16.9 Å². The Labute approximate surface area is 180 Å². The molecule has 1 unspecified atom stereocenters. The molecule has 2 aromatic heterocycles. The summed E-state index contributed by atoms with van der Waals surface area (Å²) in [5.74, 6) is 1.08. The van der Waals surface area contributed by atoms with Crippen molar-refractivity contribution in [1.29, 1.82) is 0 Å². The second-order valence-electron chi connectivity index (χ2n) is 7.25. The summed E-state index contributed by atoms with van der Waals surface area (Å²) >= 11 is 0. The molecule has 5 rings (SSSR count). The van der Waals surface area contributed by atoms with Gasteiger partial charge in [-0.25, -0.2) is 9.97 Å². The van der Waals surface area contributed by atoms with Gasteiger partial charge in [-0.3, -0.25) is 0 Å². The molecule has 0 saturated carbocycles. The van der Waals surface area contributed by atoms with E-state index in [-0.39, 0.29) is 12.0 Å². The summed E-state index contributed by atoms with van der Waals surface area (Å²) in [5.41, 5.74) is 11.8. The SMILES string of the molecule is COc1ccc(-c2ccc(C(c3ccccc3)n3cnc4cnc(N)nc43)cc2)cc1. The largest absolute Gasteiger partial charge is 0.497 e. The first-order valence-corrected chi connectivity index (χ1v) is 9.97. The Morgan fingerprint density at radius 3 is 2.13 bits per heavy atom. The van der Waals surface area contributed by atoms with Gasteiger partial charge in [-0.2, -0.15) is 4.98 Å². The lowest BCUT2D eigenvalue weighted by Gasteiger charge is -2.20. The summed E-state index contributed by atoms with van der Waals surface area (Å²) in [4.78, 5) is 13.0. The molecule has 3 aromatic carbocycles. The van der Waals surface area contributed by atoms with Gasteiger partial charge in [-0.1, -0.05) is 66.7 Å². The number of nitrogen functional groups attached to an aromatic ring is 1. The maximum Gasteiger partial charge on any atom is 0.222 e. The van der Waals surface area contributed by atoms with Crippen molar-refractivity contribution in [3.05, 3.63) is 103 Å². The van der Waals surface area contributed by atoms with Crippen molar-refractivity contribution in [2.24, 2.45) is 0 Å². The second kappa shape index (κ2) is 7.91. The van der Waals surface area contributed by atoms with E-state index < -0.39 is 0 Å². The van der Waals surface area contributed by atoms with Crippen LogP contribution in [0, 0.1) is 0 Å². The first kappa shape index (κ1) is 18.8. The van der Waals surface area contributed by atoms with Crippen LogP contribution in [0.3, 0.4) is 0 Å². The number of anilines is 1. The fraction of sp³-hybridized carbons (Fsp3) is 0.0800. The van der Waals surface area contributed by atoms with Crippen molar-refractivity contribution in [2.45, 2.75) is 6.04 Å². The Bertz CT molecular complexity index is 1310. The first-order valence-electron chi connectivity index (χ1n) is 9.97. The number of benzene rings is 3. The van der Waals surface area contributed by atoms with Gasteiger partial charge in [-0.15, -0.1) is 0 Å². The number of fused-ring (bicyclic) bond motifs is 1. The summed E-state index contributed by atoms with van der Waals surface area (Å²) < 4.78 is 7.31. The van der Waals surface area contributed by atoms with Crippen LogP contribution in [0.4, 0.5) is 5.95 Å². The molecule has 0 bridgehead atoms. The van der Waals surface area contributed by atoms with Gasteiger partial charge in [0, 0.05) is 0 Å². The number of hydrogen-bond donors (Lipinski definition) is 1. The van der Waals surface area contributed by atoms with Crippen molar-refractivity contribution < 1.29 is 4.74 Å². The Morgan fingerprint density at radius 2 is 1.45 bits per heavy atom. The zero-order chi connectivity index (χ0) is 21.2. The average Bonchev–Trinajstić information content (AvgIpc) is 3.23. The van der Waals surface area contributed by atoms with E-state index >= 15 is 0 Å². The van der Waals surface area contributed by atoms with Crippen molar-refractivity contribution >= 4 is 17.1 Å². The zero-order valence-electron chi connectivity index (χ0n) is 17.0. The highest BCUT2D eigenvalue weighted by atomic mass is 16.5. The maximum absolute atomic E-state index is 5.86. The molecule has 31 heavy (non-hydrogen) atoms. The second-order valence-corrected chi connectivity index (χ2v) is 7.25. The molecule has 0 aliphatic heterocycles. The number of aromatic nitrogens is 4. The van der Waals surface area contributed by atoms with E-state index in [1.54, 1.807) is 19.6 Å². The van der Waals surface area contributed by atoms with Gasteiger partial charge in [-0.05, 0) is 34.4 Å². The van der Waals surface area contributed by atoms with Crippen LogP contribution in [0.15, 0.2) is 91.4 Å². The molecular weight excluding hydrogens is 386 g/mol. The highest BCUT2D eigenvalue weighted by molar-refractivity contribution is 5.71. The van der Waals surface area contributed by atoms with E-state index in [1.165, 1.54) is 0 Å². The van der Waals surface area contributed by atoms with Gasteiger partial charge in [0.15, 0.2) is 5.65 Å². The highest BCUT2D eigenvalue weighted by Gasteiger charge is 2.20. The molecule has 0 fully saturated rings. The van der Waals surface area contributed by atoms with Crippen LogP contribution >= 0.6 is 0 Å². The van der Waals surface area contributed by atoms with Crippen LogP contribution in [0.2, 0.25) is 0 Å². The predicted molar refractivity (Wildman–Crippen MR) is 122 cm³/mol. The summed E-state index contributed by atoms with van der Waals surface area (Å²) in [6.45, 7) is 0. The van der Waals surface area contributed by atoms with Crippen LogP contribution in [0.25, 0.3) is 22.3 Å². The van der Waals surface area contributed by atoms with Crippen LogP contribution < -0.4 is 10.5 Å². The predicted octanol–water partition coefficient (Wildman–Crippen LogP) is 4.72. The molecule has 152 valence electrons. The van der Waals surface area contributed by atoms with Crippen LogP contribution in [-0.2, 0) is 0 Å². The molecule has 0 aliphatic carbocycles. The molecule has 0 spiro atoms. The fourth-order valence-corrected chi connectivity index (χ4v) is 3.82. The molecule has 2 N–H and O–H groups in total. The fourth-order valence-electron chi connectivity index (χ4n) is 3.82. The number of methoxy groups -OCH3 is 1. The van der Waals surface area contributed by atoms with Gasteiger partial charge in [0.25, 0.3) is 0 Å². The third kappa shape index (κ3) is 3.59. The van der Waals surface area contributed by atoms with Gasteiger partial charge in [0.2, 0.25) is 5.95 Å². The maximum atomic E-state index is 5.86. The van der Waals surface area contributed by atoms with Crippen molar-refractivity contribution in [2.75, 3.05) is 12.8 Å². The molecule has 6 heteroatoms. The number of ether oxygens (including phenoxy) is 1. The lowest BCUT2D eigenvalue weighted by molar-refractivity contribution is 0.415. The van der Waals surface area contributed by atoms with Crippen molar-refractivity contribution in [3.63, 3.8) is 0 Å². The Kier molecular flexibility index (Phi) is 4.80. The molecule has 6 nitrogen and oxygen atoms in total. The van der Waals surface area contributed by atoms with Gasteiger partial charge < -0.3 is 15.0 Å².